The van der Waals surface area contributed by atoms with Crippen LogP contribution in [-0.2, 0) is 0 Å². The lowest BCUT2D eigenvalue weighted by atomic mass is 9.93. The molecule has 1 aliphatic heterocycles. The first-order chi connectivity index (χ1) is 9.44. The van der Waals surface area contributed by atoms with E-state index >= 15 is 0 Å². The molecule has 1 heterocycles. The molecule has 0 radical (unpaired) electrons. The number of Topliss-reactive ketones (excluding diaryl/α,β-unsaturated/α-hetero) is 1. The summed E-state index contributed by atoms with van der Waals surface area (Å²) in [6.07, 6.45) is 2.48. The number of carbonyl (C=O) groups is 1. The van der Waals surface area contributed by atoms with Gasteiger partial charge in [-0.15, -0.1) is 0 Å². The van der Waals surface area contributed by atoms with Gasteiger partial charge in [-0.05, 0) is 45.2 Å². The molecule has 0 aromatic heterocycles. The van der Waals surface area contributed by atoms with Crippen LogP contribution in [0.15, 0.2) is 18.2 Å². The van der Waals surface area contributed by atoms with E-state index in [-0.39, 0.29) is 11.9 Å². The zero-order valence-electron chi connectivity index (χ0n) is 11.9. The fourth-order valence-corrected chi connectivity index (χ4v) is 2.93. The highest BCUT2D eigenvalue weighted by Gasteiger charge is 2.33. The Morgan fingerprint density at radius 3 is 2.85 bits per heavy atom. The molecule has 4 nitrogen and oxygen atoms in total. The van der Waals surface area contributed by atoms with Crippen molar-refractivity contribution in [3.8, 4) is 11.5 Å². The number of fused-ring (bicyclic) bond motifs is 1. The number of hydrogen-bond acceptors (Lipinski definition) is 4. The summed E-state index contributed by atoms with van der Waals surface area (Å²) in [5.74, 6) is 1.33. The van der Waals surface area contributed by atoms with E-state index in [2.05, 4.69) is 0 Å². The molecule has 1 aromatic rings. The van der Waals surface area contributed by atoms with Gasteiger partial charge in [0.25, 0.3) is 0 Å². The fraction of sp³-hybridized carbons (Fsp3) is 0.562. The van der Waals surface area contributed by atoms with Gasteiger partial charge in [-0.1, -0.05) is 0 Å². The molecule has 3 rings (SSSR count). The van der Waals surface area contributed by atoms with E-state index in [1.165, 1.54) is 0 Å². The third kappa shape index (κ3) is 2.52. The fourth-order valence-electron chi connectivity index (χ4n) is 2.93. The number of ether oxygens (including phenoxy) is 2. The van der Waals surface area contributed by atoms with E-state index in [1.807, 2.05) is 13.8 Å². The molecule has 0 amide bonds. The van der Waals surface area contributed by atoms with Crippen molar-refractivity contribution in [3.63, 3.8) is 0 Å². The largest absolute Gasteiger partial charge is 0.488 e. The van der Waals surface area contributed by atoms with E-state index in [0.29, 0.717) is 23.5 Å². The smallest absolute Gasteiger partial charge is 0.170 e. The van der Waals surface area contributed by atoms with Crippen molar-refractivity contribution in [1.29, 1.82) is 0 Å². The number of benzene rings is 1. The maximum absolute atomic E-state index is 12.0. The molecule has 1 fully saturated rings. The lowest BCUT2D eigenvalue weighted by Crippen LogP contribution is -2.35. The third-order valence-electron chi connectivity index (χ3n) is 3.93. The molecule has 2 atom stereocenters. The van der Waals surface area contributed by atoms with Crippen LogP contribution >= 0.6 is 0 Å². The monoisotopic (exact) mass is 276 g/mol. The molecule has 0 bridgehead atoms. The number of aliphatic hydroxyl groups is 1. The Hall–Kier alpha value is -1.55. The van der Waals surface area contributed by atoms with Gasteiger partial charge in [0, 0.05) is 6.07 Å². The lowest BCUT2D eigenvalue weighted by molar-refractivity contribution is 0.0559. The Bertz CT molecular complexity index is 535. The van der Waals surface area contributed by atoms with Gasteiger partial charge in [0.2, 0.25) is 0 Å². The molecule has 108 valence electrons. The Morgan fingerprint density at radius 2 is 2.15 bits per heavy atom. The summed E-state index contributed by atoms with van der Waals surface area (Å²) in [4.78, 5) is 12.0. The maximum Gasteiger partial charge on any atom is 0.170 e. The van der Waals surface area contributed by atoms with E-state index in [0.717, 1.165) is 19.3 Å². The molecule has 1 aliphatic carbocycles. The second-order valence-electron chi connectivity index (χ2n) is 6.27. The molecule has 1 saturated carbocycles. The van der Waals surface area contributed by atoms with Gasteiger partial charge in [-0.3, -0.25) is 4.79 Å². The van der Waals surface area contributed by atoms with E-state index in [4.69, 9.17) is 9.47 Å². The van der Waals surface area contributed by atoms with Gasteiger partial charge < -0.3 is 14.6 Å². The van der Waals surface area contributed by atoms with Crippen LogP contribution in [0.25, 0.3) is 0 Å². The molecular weight excluding hydrogens is 256 g/mol. The molecular formula is C16H20O4. The van der Waals surface area contributed by atoms with Crippen molar-refractivity contribution in [1.82, 2.24) is 0 Å². The second-order valence-corrected chi connectivity index (χ2v) is 6.27. The van der Waals surface area contributed by atoms with Crippen molar-refractivity contribution < 1.29 is 19.4 Å². The van der Waals surface area contributed by atoms with Crippen LogP contribution in [0.4, 0.5) is 0 Å². The van der Waals surface area contributed by atoms with Gasteiger partial charge in [-0.2, -0.15) is 0 Å². The zero-order valence-corrected chi connectivity index (χ0v) is 11.9. The summed E-state index contributed by atoms with van der Waals surface area (Å²) >= 11 is 0. The summed E-state index contributed by atoms with van der Waals surface area (Å²) in [5, 5.41) is 9.80. The van der Waals surface area contributed by atoms with Crippen LogP contribution in [0.3, 0.4) is 0 Å². The first-order valence-electron chi connectivity index (χ1n) is 7.16. The quantitative estimate of drug-likeness (QED) is 0.902. The van der Waals surface area contributed by atoms with Gasteiger partial charge in [0.05, 0.1) is 18.1 Å². The Labute approximate surface area is 118 Å². The standard InChI is InChI=1S/C16H20O4/c1-16(2)9-13(18)11-7-6-10(8-15(11)20-16)19-14-5-3-4-12(14)17/h6-8,12,14,17H,3-5,9H2,1-2H3. The van der Waals surface area contributed by atoms with Crippen molar-refractivity contribution in [3.05, 3.63) is 23.8 Å². The average Bonchev–Trinajstić information content (AvgIpc) is 2.73. The highest BCUT2D eigenvalue weighted by atomic mass is 16.5. The molecule has 0 spiro atoms. The molecule has 0 saturated heterocycles. The van der Waals surface area contributed by atoms with Gasteiger partial charge >= 0.3 is 0 Å². The SMILES string of the molecule is CC1(C)CC(=O)c2ccc(OC3CCCC3O)cc2O1. The van der Waals surface area contributed by atoms with Crippen molar-refractivity contribution in [2.45, 2.75) is 57.3 Å². The number of hydrogen-bond donors (Lipinski definition) is 1. The number of rotatable bonds is 2. The van der Waals surface area contributed by atoms with Gasteiger partial charge in [0.15, 0.2) is 5.78 Å². The lowest BCUT2D eigenvalue weighted by Gasteiger charge is -2.31. The van der Waals surface area contributed by atoms with Gasteiger partial charge in [-0.25, -0.2) is 0 Å². The Morgan fingerprint density at radius 1 is 1.35 bits per heavy atom. The van der Waals surface area contributed by atoms with E-state index < -0.39 is 11.7 Å². The van der Waals surface area contributed by atoms with Crippen LogP contribution in [0, 0.1) is 0 Å². The first kappa shape index (κ1) is 13.4. The Balaban J connectivity index is 1.83. The minimum absolute atomic E-state index is 0.101. The normalized spacial score (nSPS) is 27.9. The Kier molecular flexibility index (Phi) is 3.21. The van der Waals surface area contributed by atoms with Crippen molar-refractivity contribution in [2.75, 3.05) is 0 Å². The van der Waals surface area contributed by atoms with Crippen LogP contribution in [0.5, 0.6) is 11.5 Å². The number of aliphatic hydroxyl groups excluding tert-OH is 1. The highest BCUT2D eigenvalue weighted by molar-refractivity contribution is 6.00. The zero-order chi connectivity index (χ0) is 14.3. The van der Waals surface area contributed by atoms with Gasteiger partial charge in [0.1, 0.15) is 23.2 Å². The molecule has 2 unspecified atom stereocenters. The van der Waals surface area contributed by atoms with Crippen LogP contribution < -0.4 is 9.47 Å². The van der Waals surface area contributed by atoms with Crippen LogP contribution in [0.1, 0.15) is 49.9 Å². The summed E-state index contributed by atoms with van der Waals surface area (Å²) in [5.41, 5.74) is 0.138. The molecule has 1 N–H and O–H groups in total. The predicted molar refractivity (Wildman–Crippen MR) is 74.4 cm³/mol. The average molecular weight is 276 g/mol. The van der Waals surface area contributed by atoms with Crippen LogP contribution in [-0.4, -0.2) is 28.7 Å². The summed E-state index contributed by atoms with van der Waals surface area (Å²) in [6.45, 7) is 3.81. The third-order valence-corrected chi connectivity index (χ3v) is 3.93. The summed E-state index contributed by atoms with van der Waals surface area (Å²) in [7, 11) is 0. The second kappa shape index (κ2) is 4.77. The minimum Gasteiger partial charge on any atom is -0.488 e. The summed E-state index contributed by atoms with van der Waals surface area (Å²) < 4.78 is 11.7. The molecule has 2 aliphatic rings. The predicted octanol–water partition coefficient (Wildman–Crippen LogP) is 2.72. The van der Waals surface area contributed by atoms with E-state index in [9.17, 15) is 9.90 Å². The number of ketones is 1. The molecule has 1 aromatic carbocycles. The van der Waals surface area contributed by atoms with Crippen LogP contribution in [0.2, 0.25) is 0 Å². The first-order valence-corrected chi connectivity index (χ1v) is 7.16. The molecule has 20 heavy (non-hydrogen) atoms. The number of carbonyl (C=O) groups excluding carboxylic acids is 1. The molecule has 4 heteroatoms. The van der Waals surface area contributed by atoms with E-state index in [1.54, 1.807) is 18.2 Å². The summed E-state index contributed by atoms with van der Waals surface area (Å²) in [6, 6.07) is 5.30. The maximum atomic E-state index is 12.0. The van der Waals surface area contributed by atoms with Crippen molar-refractivity contribution >= 4 is 5.78 Å². The highest BCUT2D eigenvalue weighted by Crippen LogP contribution is 2.36. The topological polar surface area (TPSA) is 55.8 Å². The van der Waals surface area contributed by atoms with Crippen molar-refractivity contribution in [2.24, 2.45) is 0 Å². The minimum atomic E-state index is -0.477.